The first kappa shape index (κ1) is 14.5. The Morgan fingerprint density at radius 2 is 1.90 bits per heavy atom. The van der Waals surface area contributed by atoms with E-state index in [1.165, 1.54) is 30.5 Å². The van der Waals surface area contributed by atoms with Crippen molar-refractivity contribution in [1.29, 1.82) is 0 Å². The summed E-state index contributed by atoms with van der Waals surface area (Å²) in [5.74, 6) is -0.453. The predicted molar refractivity (Wildman–Crippen MR) is 76.8 cm³/mol. The second kappa shape index (κ2) is 5.60. The first-order valence-corrected chi connectivity index (χ1v) is 7.87. The maximum atomic E-state index is 12.0. The zero-order valence-corrected chi connectivity index (χ0v) is 12.1. The van der Waals surface area contributed by atoms with Crippen LogP contribution in [0.3, 0.4) is 0 Å². The summed E-state index contributed by atoms with van der Waals surface area (Å²) in [6, 6.07) is 9.19. The molecular weight excluding hydrogens is 300 g/mol. The van der Waals surface area contributed by atoms with Crippen LogP contribution in [0.2, 0.25) is 5.15 Å². The van der Waals surface area contributed by atoms with E-state index in [1.54, 1.807) is 12.1 Å². The van der Waals surface area contributed by atoms with Gasteiger partial charge in [0.25, 0.3) is 5.91 Å². The molecule has 0 spiro atoms. The van der Waals surface area contributed by atoms with Crippen LogP contribution in [0.15, 0.2) is 47.5 Å². The lowest BCUT2D eigenvalue weighted by atomic mass is 10.2. The summed E-state index contributed by atoms with van der Waals surface area (Å²) in [4.78, 5) is 15.9. The molecule has 20 heavy (non-hydrogen) atoms. The van der Waals surface area contributed by atoms with Crippen LogP contribution in [0.5, 0.6) is 0 Å². The SMILES string of the molecule is CS(=O)(=O)c1ccccc1NC(=O)c1ccc(Cl)nc1. The Kier molecular flexibility index (Phi) is 4.06. The predicted octanol–water partition coefficient (Wildman–Crippen LogP) is 2.39. The van der Waals surface area contributed by atoms with Crippen LogP contribution in [-0.4, -0.2) is 25.6 Å². The molecule has 0 aliphatic rings. The molecule has 0 saturated heterocycles. The molecule has 104 valence electrons. The summed E-state index contributed by atoms with van der Waals surface area (Å²) in [7, 11) is -3.42. The van der Waals surface area contributed by atoms with Crippen LogP contribution in [0.1, 0.15) is 10.4 Å². The molecule has 7 heteroatoms. The maximum Gasteiger partial charge on any atom is 0.257 e. The molecule has 0 fully saturated rings. The van der Waals surface area contributed by atoms with Gasteiger partial charge in [0.15, 0.2) is 9.84 Å². The van der Waals surface area contributed by atoms with Gasteiger partial charge in [-0.1, -0.05) is 23.7 Å². The fourth-order valence-electron chi connectivity index (χ4n) is 1.60. The van der Waals surface area contributed by atoms with Crippen molar-refractivity contribution in [2.24, 2.45) is 0 Å². The maximum absolute atomic E-state index is 12.0. The van der Waals surface area contributed by atoms with E-state index in [4.69, 9.17) is 11.6 Å². The second-order valence-electron chi connectivity index (χ2n) is 4.09. The first-order valence-electron chi connectivity index (χ1n) is 5.60. The minimum Gasteiger partial charge on any atom is -0.321 e. The standard InChI is InChI=1S/C13H11ClN2O3S/c1-20(18,19)11-5-3-2-4-10(11)16-13(17)9-6-7-12(14)15-8-9/h2-8H,1H3,(H,16,17). The van der Waals surface area contributed by atoms with Crippen LogP contribution in [-0.2, 0) is 9.84 Å². The molecule has 1 N–H and O–H groups in total. The number of anilines is 1. The lowest BCUT2D eigenvalue weighted by molar-refractivity contribution is 0.102. The van der Waals surface area contributed by atoms with Gasteiger partial charge in [0.2, 0.25) is 0 Å². The minimum atomic E-state index is -3.42. The number of amides is 1. The summed E-state index contributed by atoms with van der Waals surface area (Å²) in [5.41, 5.74) is 0.521. The number of hydrogen-bond donors (Lipinski definition) is 1. The van der Waals surface area contributed by atoms with E-state index in [1.807, 2.05) is 0 Å². The highest BCUT2D eigenvalue weighted by molar-refractivity contribution is 7.90. The van der Waals surface area contributed by atoms with E-state index >= 15 is 0 Å². The van der Waals surface area contributed by atoms with E-state index < -0.39 is 15.7 Å². The molecule has 0 saturated carbocycles. The first-order chi connectivity index (χ1) is 9.38. The largest absolute Gasteiger partial charge is 0.321 e. The molecule has 0 aliphatic heterocycles. The van der Waals surface area contributed by atoms with Gasteiger partial charge in [-0.15, -0.1) is 0 Å². The van der Waals surface area contributed by atoms with Gasteiger partial charge in [-0.05, 0) is 24.3 Å². The molecule has 5 nitrogen and oxygen atoms in total. The number of rotatable bonds is 3. The van der Waals surface area contributed by atoms with Gasteiger partial charge >= 0.3 is 0 Å². The van der Waals surface area contributed by atoms with Crippen LogP contribution < -0.4 is 5.32 Å². The number of aromatic nitrogens is 1. The second-order valence-corrected chi connectivity index (χ2v) is 6.46. The van der Waals surface area contributed by atoms with Gasteiger partial charge in [0.05, 0.1) is 16.1 Å². The zero-order valence-electron chi connectivity index (χ0n) is 10.5. The van der Waals surface area contributed by atoms with Crippen molar-refractivity contribution < 1.29 is 13.2 Å². The molecule has 1 amide bonds. The number of para-hydroxylation sites is 1. The number of nitrogens with zero attached hydrogens (tertiary/aromatic N) is 1. The number of carbonyl (C=O) groups excluding carboxylic acids is 1. The highest BCUT2D eigenvalue weighted by Gasteiger charge is 2.15. The molecule has 1 aromatic carbocycles. The average molecular weight is 311 g/mol. The molecule has 0 radical (unpaired) electrons. The van der Waals surface area contributed by atoms with Crippen LogP contribution in [0.4, 0.5) is 5.69 Å². The normalized spacial score (nSPS) is 11.1. The van der Waals surface area contributed by atoms with Crippen LogP contribution in [0, 0.1) is 0 Å². The van der Waals surface area contributed by atoms with Gasteiger partial charge in [-0.2, -0.15) is 0 Å². The highest BCUT2D eigenvalue weighted by atomic mass is 35.5. The van der Waals surface area contributed by atoms with Crippen molar-refractivity contribution in [2.45, 2.75) is 4.90 Å². The number of nitrogens with one attached hydrogen (secondary N) is 1. The van der Waals surface area contributed by atoms with E-state index in [-0.39, 0.29) is 21.3 Å². The van der Waals surface area contributed by atoms with Gasteiger partial charge in [-0.25, -0.2) is 13.4 Å². The Balaban J connectivity index is 2.31. The fourth-order valence-corrected chi connectivity index (χ4v) is 2.55. The molecule has 0 bridgehead atoms. The Bertz CT molecular complexity index is 742. The Morgan fingerprint density at radius 1 is 1.20 bits per heavy atom. The average Bonchev–Trinajstić information content (AvgIpc) is 2.38. The van der Waals surface area contributed by atoms with Gasteiger partial charge in [0.1, 0.15) is 5.15 Å². The lowest BCUT2D eigenvalue weighted by Crippen LogP contribution is -2.14. The number of pyridine rings is 1. The van der Waals surface area contributed by atoms with Crippen molar-refractivity contribution in [3.8, 4) is 0 Å². The quantitative estimate of drug-likeness (QED) is 0.883. The summed E-state index contributed by atoms with van der Waals surface area (Å²) < 4.78 is 23.3. The highest BCUT2D eigenvalue weighted by Crippen LogP contribution is 2.21. The Hall–Kier alpha value is -1.92. The zero-order chi connectivity index (χ0) is 14.8. The van der Waals surface area contributed by atoms with Gasteiger partial charge in [-0.3, -0.25) is 4.79 Å². The smallest absolute Gasteiger partial charge is 0.257 e. The number of carbonyl (C=O) groups is 1. The van der Waals surface area contributed by atoms with Crippen molar-refractivity contribution in [2.75, 3.05) is 11.6 Å². The molecular formula is C13H11ClN2O3S. The molecule has 2 rings (SSSR count). The third-order valence-corrected chi connectivity index (χ3v) is 3.90. The third kappa shape index (κ3) is 3.34. The Labute approximate surface area is 121 Å². The number of hydrogen-bond acceptors (Lipinski definition) is 4. The summed E-state index contributed by atoms with van der Waals surface area (Å²) in [6.45, 7) is 0. The summed E-state index contributed by atoms with van der Waals surface area (Å²) in [6.07, 6.45) is 2.41. The molecule has 1 aromatic heterocycles. The summed E-state index contributed by atoms with van der Waals surface area (Å²) in [5, 5.41) is 2.83. The molecule has 0 unspecified atom stereocenters. The number of halogens is 1. The van der Waals surface area contributed by atoms with Crippen molar-refractivity contribution in [3.63, 3.8) is 0 Å². The Morgan fingerprint density at radius 3 is 2.50 bits per heavy atom. The lowest BCUT2D eigenvalue weighted by Gasteiger charge is -2.09. The van der Waals surface area contributed by atoms with E-state index in [2.05, 4.69) is 10.3 Å². The molecule has 0 atom stereocenters. The molecule has 0 aliphatic carbocycles. The van der Waals surface area contributed by atoms with E-state index in [9.17, 15) is 13.2 Å². The van der Waals surface area contributed by atoms with E-state index in [0.29, 0.717) is 0 Å². The summed E-state index contributed by atoms with van der Waals surface area (Å²) >= 11 is 5.64. The van der Waals surface area contributed by atoms with Gasteiger partial charge < -0.3 is 5.32 Å². The van der Waals surface area contributed by atoms with Crippen molar-refractivity contribution >= 4 is 33.0 Å². The number of benzene rings is 1. The van der Waals surface area contributed by atoms with Crippen LogP contribution in [0.25, 0.3) is 0 Å². The third-order valence-electron chi connectivity index (χ3n) is 2.52. The minimum absolute atomic E-state index is 0.0651. The van der Waals surface area contributed by atoms with Crippen molar-refractivity contribution in [1.82, 2.24) is 4.98 Å². The topological polar surface area (TPSA) is 76.1 Å². The monoisotopic (exact) mass is 310 g/mol. The van der Waals surface area contributed by atoms with Gasteiger partial charge in [0, 0.05) is 12.5 Å². The van der Waals surface area contributed by atoms with Crippen LogP contribution >= 0.6 is 11.6 Å². The van der Waals surface area contributed by atoms with E-state index in [0.717, 1.165) is 6.26 Å². The number of sulfone groups is 1. The fraction of sp³-hybridized carbons (Fsp3) is 0.0769. The van der Waals surface area contributed by atoms with Crippen molar-refractivity contribution in [3.05, 3.63) is 53.3 Å². The molecule has 1 heterocycles. The molecule has 2 aromatic rings.